The largest absolute Gasteiger partial charge is 0.416 e. The van der Waals surface area contributed by atoms with Gasteiger partial charge in [-0.1, -0.05) is 18.2 Å². The number of alkyl halides is 3. The van der Waals surface area contributed by atoms with Gasteiger partial charge in [-0.3, -0.25) is 4.79 Å². The lowest BCUT2D eigenvalue weighted by atomic mass is 10.1. The van der Waals surface area contributed by atoms with Gasteiger partial charge in [0, 0.05) is 32.2 Å². The van der Waals surface area contributed by atoms with Crippen LogP contribution in [0.3, 0.4) is 0 Å². The van der Waals surface area contributed by atoms with Gasteiger partial charge in [-0.05, 0) is 11.6 Å². The highest BCUT2D eigenvalue weighted by molar-refractivity contribution is 5.79. The minimum Gasteiger partial charge on any atom is -0.353 e. The molecule has 0 spiro atoms. The van der Waals surface area contributed by atoms with Crippen molar-refractivity contribution in [2.45, 2.75) is 12.6 Å². The zero-order chi connectivity index (χ0) is 21.1. The van der Waals surface area contributed by atoms with Crippen LogP contribution in [0.25, 0.3) is 5.82 Å². The molecule has 1 aliphatic rings. The minimum atomic E-state index is -4.42. The molecular formula is C19H18F3N7O. The van der Waals surface area contributed by atoms with E-state index in [1.165, 1.54) is 35.8 Å². The first-order valence-electron chi connectivity index (χ1n) is 9.26. The van der Waals surface area contributed by atoms with E-state index in [9.17, 15) is 18.0 Å². The molecule has 156 valence electrons. The molecule has 1 aromatic carbocycles. The molecule has 1 amide bonds. The molecule has 0 bridgehead atoms. The normalized spacial score (nSPS) is 14.8. The molecule has 11 heteroatoms. The fraction of sp³-hybridized carbons (Fsp3) is 0.316. The quantitative estimate of drug-likeness (QED) is 0.646. The monoisotopic (exact) mass is 417 g/mol. The zero-order valence-corrected chi connectivity index (χ0v) is 15.8. The molecule has 0 aliphatic carbocycles. The highest BCUT2D eigenvalue weighted by atomic mass is 19.4. The molecule has 2 aromatic heterocycles. The van der Waals surface area contributed by atoms with Crippen LogP contribution in [0.15, 0.2) is 49.3 Å². The molecule has 3 heterocycles. The van der Waals surface area contributed by atoms with Crippen LogP contribution in [0.2, 0.25) is 0 Å². The molecule has 8 nitrogen and oxygen atoms in total. The number of carbonyl (C=O) groups excluding carboxylic acids is 1. The molecule has 1 saturated heterocycles. The van der Waals surface area contributed by atoms with E-state index >= 15 is 0 Å². The van der Waals surface area contributed by atoms with Crippen LogP contribution in [0.5, 0.6) is 0 Å². The second kappa shape index (κ2) is 8.09. The maximum Gasteiger partial charge on any atom is 0.416 e. The van der Waals surface area contributed by atoms with Crippen LogP contribution < -0.4 is 4.90 Å². The maximum absolute atomic E-state index is 12.9. The van der Waals surface area contributed by atoms with E-state index in [2.05, 4.69) is 20.1 Å². The van der Waals surface area contributed by atoms with Crippen LogP contribution in [0.1, 0.15) is 11.1 Å². The number of halogens is 3. The Morgan fingerprint density at radius 1 is 1.00 bits per heavy atom. The zero-order valence-electron chi connectivity index (χ0n) is 15.8. The number of carbonyl (C=O) groups is 1. The number of hydrogen-bond acceptors (Lipinski definition) is 6. The highest BCUT2D eigenvalue weighted by Crippen LogP contribution is 2.29. The topological polar surface area (TPSA) is 80.0 Å². The fourth-order valence-corrected chi connectivity index (χ4v) is 3.29. The van der Waals surface area contributed by atoms with E-state index in [-0.39, 0.29) is 12.3 Å². The maximum atomic E-state index is 12.9. The Hall–Kier alpha value is -3.50. The van der Waals surface area contributed by atoms with Gasteiger partial charge in [0.05, 0.1) is 12.0 Å². The number of hydrogen-bond donors (Lipinski definition) is 0. The van der Waals surface area contributed by atoms with Crippen molar-refractivity contribution in [3.8, 4) is 5.82 Å². The molecule has 0 N–H and O–H groups in total. The predicted molar refractivity (Wildman–Crippen MR) is 101 cm³/mol. The van der Waals surface area contributed by atoms with Crippen LogP contribution in [0, 0.1) is 0 Å². The Bertz CT molecular complexity index is 1010. The van der Waals surface area contributed by atoms with Crippen molar-refractivity contribution in [1.29, 1.82) is 0 Å². The van der Waals surface area contributed by atoms with E-state index in [0.29, 0.717) is 43.4 Å². The molecule has 0 radical (unpaired) electrons. The van der Waals surface area contributed by atoms with Gasteiger partial charge in [-0.25, -0.2) is 19.6 Å². The number of rotatable bonds is 4. The van der Waals surface area contributed by atoms with Gasteiger partial charge in [0.2, 0.25) is 5.91 Å². The smallest absolute Gasteiger partial charge is 0.353 e. The minimum absolute atomic E-state index is 0.0616. The first-order chi connectivity index (χ1) is 14.4. The summed E-state index contributed by atoms with van der Waals surface area (Å²) in [5.74, 6) is 1.10. The Morgan fingerprint density at radius 3 is 2.47 bits per heavy atom. The second-order valence-electron chi connectivity index (χ2n) is 6.82. The van der Waals surface area contributed by atoms with E-state index in [4.69, 9.17) is 0 Å². The van der Waals surface area contributed by atoms with Gasteiger partial charge in [-0.15, -0.1) is 0 Å². The van der Waals surface area contributed by atoms with E-state index in [0.717, 1.165) is 12.1 Å². The highest BCUT2D eigenvalue weighted by Gasteiger charge is 2.30. The summed E-state index contributed by atoms with van der Waals surface area (Å²) in [4.78, 5) is 28.6. The Kier molecular flexibility index (Phi) is 5.34. The van der Waals surface area contributed by atoms with Gasteiger partial charge in [0.1, 0.15) is 24.8 Å². The first kappa shape index (κ1) is 19.8. The van der Waals surface area contributed by atoms with Crippen LogP contribution in [-0.2, 0) is 17.4 Å². The summed E-state index contributed by atoms with van der Waals surface area (Å²) in [6, 6.07) is 6.68. The van der Waals surface area contributed by atoms with Crippen molar-refractivity contribution in [3.63, 3.8) is 0 Å². The third kappa shape index (κ3) is 4.39. The summed E-state index contributed by atoms with van der Waals surface area (Å²) < 4.78 is 40.1. The van der Waals surface area contributed by atoms with Crippen molar-refractivity contribution in [1.82, 2.24) is 29.6 Å². The third-order valence-corrected chi connectivity index (χ3v) is 4.86. The molecule has 1 fully saturated rings. The number of benzene rings is 1. The number of piperazine rings is 1. The molecule has 30 heavy (non-hydrogen) atoms. The lowest BCUT2D eigenvalue weighted by molar-refractivity contribution is -0.138. The van der Waals surface area contributed by atoms with Crippen molar-refractivity contribution in [2.24, 2.45) is 0 Å². The van der Waals surface area contributed by atoms with Crippen LogP contribution >= 0.6 is 0 Å². The van der Waals surface area contributed by atoms with E-state index in [1.807, 2.05) is 4.90 Å². The fourth-order valence-electron chi connectivity index (χ4n) is 3.29. The van der Waals surface area contributed by atoms with Crippen LogP contribution in [0.4, 0.5) is 19.0 Å². The lowest BCUT2D eigenvalue weighted by Gasteiger charge is -2.35. The van der Waals surface area contributed by atoms with Gasteiger partial charge in [0.15, 0.2) is 5.82 Å². The lowest BCUT2D eigenvalue weighted by Crippen LogP contribution is -2.49. The van der Waals surface area contributed by atoms with Gasteiger partial charge < -0.3 is 9.80 Å². The summed E-state index contributed by atoms with van der Waals surface area (Å²) in [5.41, 5.74) is -0.393. The predicted octanol–water partition coefficient (Wildman–Crippen LogP) is 1.97. The molecular weight excluding hydrogens is 399 g/mol. The summed E-state index contributed by atoms with van der Waals surface area (Å²) in [6.07, 6.45) is -0.0915. The molecule has 3 aromatic rings. The van der Waals surface area contributed by atoms with E-state index in [1.54, 1.807) is 11.0 Å². The molecule has 1 aliphatic heterocycles. The number of amides is 1. The summed E-state index contributed by atoms with van der Waals surface area (Å²) >= 11 is 0. The Labute approximate surface area is 170 Å². The van der Waals surface area contributed by atoms with Crippen LogP contribution in [-0.4, -0.2) is 61.7 Å². The first-order valence-corrected chi connectivity index (χ1v) is 9.26. The number of aromatic nitrogens is 5. The second-order valence-corrected chi connectivity index (χ2v) is 6.82. The average Bonchev–Trinajstić information content (AvgIpc) is 3.29. The van der Waals surface area contributed by atoms with Gasteiger partial charge >= 0.3 is 6.18 Å². The molecule has 4 rings (SSSR count). The Balaban J connectivity index is 1.37. The summed E-state index contributed by atoms with van der Waals surface area (Å²) in [7, 11) is 0. The summed E-state index contributed by atoms with van der Waals surface area (Å²) in [5, 5.41) is 4.04. The molecule has 0 saturated carbocycles. The summed E-state index contributed by atoms with van der Waals surface area (Å²) in [6.45, 7) is 2.03. The van der Waals surface area contributed by atoms with Crippen molar-refractivity contribution >= 4 is 11.7 Å². The Morgan fingerprint density at radius 2 is 1.77 bits per heavy atom. The SMILES string of the molecule is O=C(Cc1cccc(C(F)(F)F)c1)N1CCN(c2cc(-n3cncn3)ncn2)CC1. The number of anilines is 1. The standard InChI is InChI=1S/C19H18F3N7O/c20-19(21,22)15-3-1-2-14(8-15)9-18(30)28-6-4-27(5-7-28)16-10-17(25-12-24-16)29-13-23-11-26-29/h1-3,8,10-13H,4-7,9H2. The van der Waals surface area contributed by atoms with Crippen molar-refractivity contribution in [2.75, 3.05) is 31.1 Å². The number of nitrogens with zero attached hydrogens (tertiary/aromatic N) is 7. The van der Waals surface area contributed by atoms with Gasteiger partial charge in [0.25, 0.3) is 0 Å². The van der Waals surface area contributed by atoms with Gasteiger partial charge in [-0.2, -0.15) is 18.3 Å². The van der Waals surface area contributed by atoms with Crippen molar-refractivity contribution in [3.05, 3.63) is 60.4 Å². The molecule has 0 unspecified atom stereocenters. The molecule has 0 atom stereocenters. The third-order valence-electron chi connectivity index (χ3n) is 4.86. The average molecular weight is 417 g/mol. The van der Waals surface area contributed by atoms with Crippen molar-refractivity contribution < 1.29 is 18.0 Å². The van der Waals surface area contributed by atoms with E-state index < -0.39 is 11.7 Å².